The van der Waals surface area contributed by atoms with Gasteiger partial charge in [0.15, 0.2) is 0 Å². The third-order valence-electron chi connectivity index (χ3n) is 6.09. The second-order valence-electron chi connectivity index (χ2n) is 7.92. The van der Waals surface area contributed by atoms with Crippen molar-refractivity contribution in [1.29, 1.82) is 5.26 Å². The molecule has 0 amide bonds. The number of nitriles is 1. The van der Waals surface area contributed by atoms with Crippen LogP contribution < -0.4 is 11.1 Å². The lowest BCUT2D eigenvalue weighted by Gasteiger charge is -2.39. The lowest BCUT2D eigenvalue weighted by molar-refractivity contribution is 0.320. The molecule has 32 heavy (non-hydrogen) atoms. The highest BCUT2D eigenvalue weighted by Gasteiger charge is 2.35. The van der Waals surface area contributed by atoms with Gasteiger partial charge in [-0.1, -0.05) is 31.2 Å². The van der Waals surface area contributed by atoms with E-state index in [1.54, 1.807) is 23.5 Å². The third kappa shape index (κ3) is 4.47. The summed E-state index contributed by atoms with van der Waals surface area (Å²) in [6.07, 6.45) is 6.40. The Bertz CT molecular complexity index is 1120. The van der Waals surface area contributed by atoms with Crippen LogP contribution in [-0.4, -0.2) is 37.0 Å². The molecule has 0 aliphatic carbocycles. The van der Waals surface area contributed by atoms with Gasteiger partial charge in [0.1, 0.15) is 5.82 Å². The molecule has 1 atom stereocenters. The first kappa shape index (κ1) is 22.6. The zero-order chi connectivity index (χ0) is 22.7. The van der Waals surface area contributed by atoms with E-state index in [-0.39, 0.29) is 5.92 Å². The van der Waals surface area contributed by atoms with Crippen molar-refractivity contribution in [2.75, 3.05) is 32.1 Å². The number of hydrogen-bond donors (Lipinski definition) is 2. The molecule has 2 aromatic carbocycles. The summed E-state index contributed by atoms with van der Waals surface area (Å²) >= 11 is 3.46. The second-order valence-corrected chi connectivity index (χ2v) is 9.68. The number of dihydropyridines is 1. The standard InChI is InChI=1S/C26H28N4S2/c1-4-30-15-19(13-17-5-9-20(31-2)10-6-17)25-23(16-30)24(22(14-27)26(28)29-25)18-7-11-21(32-3)12-8-18/h5-13,24,29H,4,15-16,28H2,1-3H3/b19-13+/t24-/m1/s1. The van der Waals surface area contributed by atoms with E-state index in [1.807, 2.05) is 0 Å². The Hall–Kier alpha value is -2.59. The van der Waals surface area contributed by atoms with Crippen LogP contribution in [0.4, 0.5) is 0 Å². The molecule has 0 saturated carbocycles. The van der Waals surface area contributed by atoms with Gasteiger partial charge in [0.25, 0.3) is 0 Å². The minimum atomic E-state index is -0.135. The van der Waals surface area contributed by atoms with Gasteiger partial charge in [-0.15, -0.1) is 23.5 Å². The van der Waals surface area contributed by atoms with E-state index in [9.17, 15) is 5.26 Å². The highest BCUT2D eigenvalue weighted by atomic mass is 32.2. The quantitative estimate of drug-likeness (QED) is 0.599. The zero-order valence-electron chi connectivity index (χ0n) is 18.7. The molecular formula is C26H28N4S2. The SMILES string of the molecule is CCN1CC2=C(NC(N)=C(C#N)[C@H]2c2ccc(SC)cc2)/C(=C/c2ccc(SC)cc2)C1. The van der Waals surface area contributed by atoms with E-state index in [2.05, 4.69) is 90.3 Å². The van der Waals surface area contributed by atoms with Crippen molar-refractivity contribution in [1.82, 2.24) is 10.2 Å². The average Bonchev–Trinajstić information content (AvgIpc) is 2.84. The predicted octanol–water partition coefficient (Wildman–Crippen LogP) is 5.18. The summed E-state index contributed by atoms with van der Waals surface area (Å²) in [6.45, 7) is 4.79. The minimum absolute atomic E-state index is 0.135. The van der Waals surface area contributed by atoms with Gasteiger partial charge in [-0.05, 0) is 71.7 Å². The van der Waals surface area contributed by atoms with Crippen LogP contribution in [0.3, 0.4) is 0 Å². The van der Waals surface area contributed by atoms with Crippen LogP contribution in [0.15, 0.2) is 86.6 Å². The number of allylic oxidation sites excluding steroid dienone is 1. The minimum Gasteiger partial charge on any atom is -0.384 e. The molecule has 4 nitrogen and oxygen atoms in total. The van der Waals surface area contributed by atoms with Gasteiger partial charge < -0.3 is 11.1 Å². The summed E-state index contributed by atoms with van der Waals surface area (Å²) in [5.41, 5.74) is 12.8. The number of likely N-dealkylation sites (N-methyl/N-ethyl adjacent to an activating group) is 1. The highest BCUT2D eigenvalue weighted by molar-refractivity contribution is 7.98. The number of nitrogens with two attached hydrogens (primary N) is 1. The van der Waals surface area contributed by atoms with Crippen molar-refractivity contribution in [2.45, 2.75) is 22.6 Å². The fraction of sp³-hybridized carbons (Fsp3) is 0.269. The third-order valence-corrected chi connectivity index (χ3v) is 7.58. The van der Waals surface area contributed by atoms with Crippen LogP contribution in [0.1, 0.15) is 24.0 Å². The van der Waals surface area contributed by atoms with E-state index in [0.717, 1.165) is 30.9 Å². The maximum Gasteiger partial charge on any atom is 0.115 e. The van der Waals surface area contributed by atoms with Crippen LogP contribution in [0.5, 0.6) is 0 Å². The first-order chi connectivity index (χ1) is 15.6. The number of thioether (sulfide) groups is 2. The summed E-state index contributed by atoms with van der Waals surface area (Å²) in [7, 11) is 0. The molecule has 0 spiro atoms. The predicted molar refractivity (Wildman–Crippen MR) is 136 cm³/mol. The number of nitrogens with one attached hydrogen (secondary N) is 1. The van der Waals surface area contributed by atoms with Crippen LogP contribution in [0.25, 0.3) is 6.08 Å². The fourth-order valence-corrected chi connectivity index (χ4v) is 5.18. The molecule has 2 aliphatic heterocycles. The molecule has 0 unspecified atom stereocenters. The average molecular weight is 461 g/mol. The Morgan fingerprint density at radius 3 is 2.25 bits per heavy atom. The van der Waals surface area contributed by atoms with E-state index >= 15 is 0 Å². The molecule has 6 heteroatoms. The largest absolute Gasteiger partial charge is 0.384 e. The van der Waals surface area contributed by atoms with Crippen LogP contribution in [-0.2, 0) is 0 Å². The summed E-state index contributed by atoms with van der Waals surface area (Å²) in [5.74, 6) is 0.322. The Morgan fingerprint density at radius 2 is 1.69 bits per heavy atom. The summed E-state index contributed by atoms with van der Waals surface area (Å²) < 4.78 is 0. The molecule has 2 aromatic rings. The van der Waals surface area contributed by atoms with Gasteiger partial charge >= 0.3 is 0 Å². The van der Waals surface area contributed by atoms with Crippen molar-refractivity contribution in [3.63, 3.8) is 0 Å². The van der Waals surface area contributed by atoms with E-state index in [0.29, 0.717) is 11.4 Å². The molecule has 0 radical (unpaired) electrons. The highest BCUT2D eigenvalue weighted by Crippen LogP contribution is 2.41. The van der Waals surface area contributed by atoms with Crippen molar-refractivity contribution in [3.05, 3.63) is 87.9 Å². The van der Waals surface area contributed by atoms with Crippen molar-refractivity contribution in [3.8, 4) is 6.07 Å². The topological polar surface area (TPSA) is 65.1 Å². The monoisotopic (exact) mass is 460 g/mol. The van der Waals surface area contributed by atoms with Gasteiger partial charge in [0, 0.05) is 34.5 Å². The second kappa shape index (κ2) is 9.91. The fourth-order valence-electron chi connectivity index (χ4n) is 4.36. The van der Waals surface area contributed by atoms with Crippen LogP contribution in [0.2, 0.25) is 0 Å². The molecule has 0 saturated heterocycles. The summed E-state index contributed by atoms with van der Waals surface area (Å²) in [6, 6.07) is 19.5. The van der Waals surface area contributed by atoms with Crippen LogP contribution in [0, 0.1) is 11.3 Å². The first-order valence-electron chi connectivity index (χ1n) is 10.7. The smallest absolute Gasteiger partial charge is 0.115 e. The van der Waals surface area contributed by atoms with Crippen molar-refractivity contribution in [2.24, 2.45) is 5.73 Å². The van der Waals surface area contributed by atoms with E-state index < -0.39 is 0 Å². The summed E-state index contributed by atoms with van der Waals surface area (Å²) in [5, 5.41) is 13.4. The Kier molecular flexibility index (Phi) is 7.00. The molecule has 164 valence electrons. The molecule has 0 fully saturated rings. The number of nitrogens with zero attached hydrogens (tertiary/aromatic N) is 2. The van der Waals surface area contributed by atoms with E-state index in [4.69, 9.17) is 5.73 Å². The van der Waals surface area contributed by atoms with Crippen LogP contribution >= 0.6 is 23.5 Å². The molecule has 0 bridgehead atoms. The van der Waals surface area contributed by atoms with Gasteiger partial charge in [0.05, 0.1) is 11.6 Å². The molecule has 0 aromatic heterocycles. The Labute approximate surface area is 199 Å². The molecule has 2 heterocycles. The summed E-state index contributed by atoms with van der Waals surface area (Å²) in [4.78, 5) is 4.88. The Balaban J connectivity index is 1.82. The van der Waals surface area contributed by atoms with Crippen molar-refractivity contribution >= 4 is 29.6 Å². The lowest BCUT2D eigenvalue weighted by Crippen LogP contribution is -2.42. The molecule has 4 rings (SSSR count). The zero-order valence-corrected chi connectivity index (χ0v) is 20.3. The number of hydrogen-bond acceptors (Lipinski definition) is 6. The molecule has 2 aliphatic rings. The molecular weight excluding hydrogens is 432 g/mol. The van der Waals surface area contributed by atoms with Gasteiger partial charge in [-0.3, -0.25) is 4.90 Å². The van der Waals surface area contributed by atoms with Gasteiger partial charge in [0.2, 0.25) is 0 Å². The number of benzene rings is 2. The maximum atomic E-state index is 9.97. The normalized spacial score (nSPS) is 20.2. The maximum absolute atomic E-state index is 9.97. The van der Waals surface area contributed by atoms with Gasteiger partial charge in [-0.25, -0.2) is 0 Å². The molecule has 3 N–H and O–H groups in total. The van der Waals surface area contributed by atoms with E-state index in [1.165, 1.54) is 26.5 Å². The van der Waals surface area contributed by atoms with Gasteiger partial charge in [-0.2, -0.15) is 5.26 Å². The lowest BCUT2D eigenvalue weighted by atomic mass is 9.78. The van der Waals surface area contributed by atoms with Crippen molar-refractivity contribution < 1.29 is 0 Å². The number of rotatable bonds is 5. The Morgan fingerprint density at radius 1 is 1.06 bits per heavy atom. The first-order valence-corrected chi connectivity index (χ1v) is 13.1.